The molecule has 4 nitrogen and oxygen atoms in total. The van der Waals surface area contributed by atoms with Crippen LogP contribution in [0.4, 0.5) is 18.9 Å². The second kappa shape index (κ2) is 6.31. The summed E-state index contributed by atoms with van der Waals surface area (Å²) in [5.74, 6) is 0.500. The number of methoxy groups -OCH3 is 2. The third kappa shape index (κ3) is 3.26. The fraction of sp³-hybridized carbons (Fsp3) is 0.278. The van der Waals surface area contributed by atoms with E-state index >= 15 is 0 Å². The fourth-order valence-corrected chi connectivity index (χ4v) is 2.84. The van der Waals surface area contributed by atoms with Gasteiger partial charge in [-0.2, -0.15) is 13.2 Å². The summed E-state index contributed by atoms with van der Waals surface area (Å²) in [6, 6.07) is 9.12. The molecule has 132 valence electrons. The molecule has 1 aliphatic heterocycles. The third-order valence-corrected chi connectivity index (χ3v) is 4.16. The summed E-state index contributed by atoms with van der Waals surface area (Å²) < 4.78 is 50.0. The molecule has 1 aliphatic rings. The van der Waals surface area contributed by atoms with Gasteiger partial charge in [-0.1, -0.05) is 0 Å². The van der Waals surface area contributed by atoms with E-state index in [0.29, 0.717) is 17.2 Å². The van der Waals surface area contributed by atoms with Gasteiger partial charge in [0.25, 0.3) is 0 Å². The lowest BCUT2D eigenvalue weighted by atomic mass is 10.1. The SMILES string of the molecule is COc1ccc(C(=O)[C@@H]2[C@H](C(F)(F)F)N2c2ccc(OC)cc2)cc1. The van der Waals surface area contributed by atoms with Crippen molar-refractivity contribution in [1.29, 1.82) is 0 Å². The molecule has 0 aliphatic carbocycles. The first kappa shape index (κ1) is 17.1. The zero-order chi connectivity index (χ0) is 18.2. The molecule has 1 fully saturated rings. The van der Waals surface area contributed by atoms with Crippen LogP contribution in [-0.4, -0.2) is 38.3 Å². The minimum Gasteiger partial charge on any atom is -0.497 e. The molecule has 0 radical (unpaired) electrons. The molecule has 25 heavy (non-hydrogen) atoms. The number of ether oxygens (including phenoxy) is 2. The molecular weight excluding hydrogens is 335 g/mol. The molecule has 0 unspecified atom stereocenters. The van der Waals surface area contributed by atoms with Gasteiger partial charge in [0.2, 0.25) is 0 Å². The number of Topliss-reactive ketones (excluding diaryl/α,β-unsaturated/α-hetero) is 1. The predicted octanol–water partition coefficient (Wildman–Crippen LogP) is 3.71. The molecule has 0 bridgehead atoms. The smallest absolute Gasteiger partial charge is 0.411 e. The van der Waals surface area contributed by atoms with Gasteiger partial charge in [0.1, 0.15) is 17.5 Å². The highest BCUT2D eigenvalue weighted by Crippen LogP contribution is 2.46. The van der Waals surface area contributed by atoms with E-state index in [1.807, 2.05) is 0 Å². The Hall–Kier alpha value is -2.70. The maximum atomic E-state index is 13.3. The zero-order valence-electron chi connectivity index (χ0n) is 13.6. The number of hydrogen-bond donors (Lipinski definition) is 0. The molecule has 2 atom stereocenters. The Morgan fingerprint density at radius 2 is 1.40 bits per heavy atom. The first-order chi connectivity index (χ1) is 11.9. The predicted molar refractivity (Wildman–Crippen MR) is 86.4 cm³/mol. The van der Waals surface area contributed by atoms with Gasteiger partial charge < -0.3 is 14.4 Å². The fourth-order valence-electron chi connectivity index (χ4n) is 2.84. The number of benzene rings is 2. The summed E-state index contributed by atoms with van der Waals surface area (Å²) in [6.07, 6.45) is -4.49. The Morgan fingerprint density at radius 3 is 1.84 bits per heavy atom. The number of alkyl halides is 3. The van der Waals surface area contributed by atoms with E-state index in [4.69, 9.17) is 9.47 Å². The first-order valence-corrected chi connectivity index (χ1v) is 7.54. The summed E-state index contributed by atoms with van der Waals surface area (Å²) in [6.45, 7) is 0. The highest BCUT2D eigenvalue weighted by Gasteiger charge is 2.66. The maximum absolute atomic E-state index is 13.3. The van der Waals surface area contributed by atoms with E-state index in [9.17, 15) is 18.0 Å². The van der Waals surface area contributed by atoms with E-state index in [2.05, 4.69) is 0 Å². The van der Waals surface area contributed by atoms with Crippen LogP contribution in [0.15, 0.2) is 48.5 Å². The van der Waals surface area contributed by atoms with E-state index in [0.717, 1.165) is 4.90 Å². The molecule has 2 aromatic rings. The van der Waals surface area contributed by atoms with Crippen molar-refractivity contribution in [3.63, 3.8) is 0 Å². The molecule has 1 heterocycles. The van der Waals surface area contributed by atoms with Crippen LogP contribution in [0.5, 0.6) is 11.5 Å². The number of rotatable bonds is 5. The minimum atomic E-state index is -4.49. The standard InChI is InChI=1S/C18H16F3NO3/c1-24-13-7-3-11(4-8-13)16(23)15-17(18(19,20)21)22(15)12-5-9-14(25-2)10-6-12/h3-10,15,17H,1-2H3/t15-,17-,22?/m1/s1. The Bertz CT molecular complexity index is 757. The van der Waals surface area contributed by atoms with Crippen LogP contribution in [0.1, 0.15) is 10.4 Å². The number of nitrogens with zero attached hydrogens (tertiary/aromatic N) is 1. The van der Waals surface area contributed by atoms with Crippen LogP contribution in [0.3, 0.4) is 0 Å². The van der Waals surface area contributed by atoms with Gasteiger partial charge in [0.15, 0.2) is 11.8 Å². The van der Waals surface area contributed by atoms with Crippen molar-refractivity contribution in [1.82, 2.24) is 0 Å². The maximum Gasteiger partial charge on any atom is 0.411 e. The van der Waals surface area contributed by atoms with Crippen molar-refractivity contribution in [2.45, 2.75) is 18.3 Å². The van der Waals surface area contributed by atoms with Crippen LogP contribution in [-0.2, 0) is 0 Å². The summed E-state index contributed by atoms with van der Waals surface area (Å²) >= 11 is 0. The van der Waals surface area contributed by atoms with Crippen LogP contribution < -0.4 is 14.4 Å². The average Bonchev–Trinajstić information content (AvgIpc) is 3.37. The lowest BCUT2D eigenvalue weighted by molar-refractivity contribution is -0.127. The van der Waals surface area contributed by atoms with E-state index in [-0.39, 0.29) is 5.56 Å². The summed E-state index contributed by atoms with van der Waals surface area (Å²) in [5.41, 5.74) is 0.547. The number of ketones is 1. The Kier molecular flexibility index (Phi) is 4.32. The Labute approximate surface area is 142 Å². The Balaban J connectivity index is 1.87. The Morgan fingerprint density at radius 1 is 0.920 bits per heavy atom. The van der Waals surface area contributed by atoms with E-state index < -0.39 is 24.0 Å². The molecule has 7 heteroatoms. The number of carbonyl (C=O) groups excluding carboxylic acids is 1. The molecule has 0 amide bonds. The van der Waals surface area contributed by atoms with Gasteiger partial charge in [-0.05, 0) is 48.5 Å². The van der Waals surface area contributed by atoms with Crippen LogP contribution >= 0.6 is 0 Å². The minimum absolute atomic E-state index is 0.219. The van der Waals surface area contributed by atoms with Gasteiger partial charge in [-0.25, -0.2) is 0 Å². The van der Waals surface area contributed by atoms with Crippen LogP contribution in [0.2, 0.25) is 0 Å². The normalized spacial score (nSPS) is 19.5. The molecule has 0 spiro atoms. The quantitative estimate of drug-likeness (QED) is 0.608. The molecule has 0 aromatic heterocycles. The number of halogens is 3. The number of anilines is 1. The van der Waals surface area contributed by atoms with Crippen molar-refractivity contribution in [2.75, 3.05) is 19.1 Å². The molecule has 0 saturated carbocycles. The highest BCUT2D eigenvalue weighted by atomic mass is 19.4. The van der Waals surface area contributed by atoms with Gasteiger partial charge in [0, 0.05) is 11.3 Å². The van der Waals surface area contributed by atoms with Gasteiger partial charge in [0.05, 0.1) is 14.2 Å². The van der Waals surface area contributed by atoms with Gasteiger partial charge in [-0.15, -0.1) is 0 Å². The summed E-state index contributed by atoms with van der Waals surface area (Å²) in [5, 5.41) is 0. The van der Waals surface area contributed by atoms with Crippen LogP contribution in [0, 0.1) is 0 Å². The second-order valence-electron chi connectivity index (χ2n) is 5.63. The molecular formula is C18H16F3NO3. The van der Waals surface area contributed by atoms with E-state index in [1.165, 1.54) is 38.5 Å². The van der Waals surface area contributed by atoms with Crippen molar-refractivity contribution in [3.8, 4) is 11.5 Å². The lowest BCUT2D eigenvalue weighted by Crippen LogP contribution is -2.23. The third-order valence-electron chi connectivity index (χ3n) is 4.16. The lowest BCUT2D eigenvalue weighted by Gasteiger charge is -2.09. The molecule has 2 aromatic carbocycles. The molecule has 3 rings (SSSR count). The van der Waals surface area contributed by atoms with Crippen molar-refractivity contribution in [2.24, 2.45) is 0 Å². The van der Waals surface area contributed by atoms with Crippen molar-refractivity contribution >= 4 is 11.5 Å². The van der Waals surface area contributed by atoms with Gasteiger partial charge >= 0.3 is 6.18 Å². The molecule has 0 N–H and O–H groups in total. The monoisotopic (exact) mass is 351 g/mol. The van der Waals surface area contributed by atoms with Gasteiger partial charge in [-0.3, -0.25) is 4.79 Å². The topological polar surface area (TPSA) is 38.5 Å². The van der Waals surface area contributed by atoms with Crippen molar-refractivity contribution < 1.29 is 27.4 Å². The van der Waals surface area contributed by atoms with Crippen molar-refractivity contribution in [3.05, 3.63) is 54.1 Å². The summed E-state index contributed by atoms with van der Waals surface area (Å²) in [4.78, 5) is 13.6. The number of carbonyl (C=O) groups is 1. The van der Waals surface area contributed by atoms with E-state index in [1.54, 1.807) is 24.3 Å². The largest absolute Gasteiger partial charge is 0.497 e. The number of hydrogen-bond acceptors (Lipinski definition) is 4. The van der Waals surface area contributed by atoms with Crippen LogP contribution in [0.25, 0.3) is 0 Å². The second-order valence-corrected chi connectivity index (χ2v) is 5.63. The summed E-state index contributed by atoms with van der Waals surface area (Å²) in [7, 11) is 2.95. The zero-order valence-corrected chi connectivity index (χ0v) is 13.6. The molecule has 1 saturated heterocycles. The highest BCUT2D eigenvalue weighted by molar-refractivity contribution is 6.06. The first-order valence-electron chi connectivity index (χ1n) is 7.54. The average molecular weight is 351 g/mol.